The van der Waals surface area contributed by atoms with Crippen LogP contribution in [-0.4, -0.2) is 50.2 Å². The number of aliphatic carboxylic acids is 1. The average molecular weight is 295 g/mol. The number of amides is 1. The van der Waals surface area contributed by atoms with E-state index in [1.54, 1.807) is 0 Å². The monoisotopic (exact) mass is 295 g/mol. The minimum atomic E-state index is -1.03. The van der Waals surface area contributed by atoms with E-state index >= 15 is 0 Å². The van der Waals surface area contributed by atoms with Crippen molar-refractivity contribution >= 4 is 11.9 Å². The molecule has 1 fully saturated rings. The number of aromatic hydroxyl groups is 1. The zero-order chi connectivity index (χ0) is 15.6. The zero-order valence-corrected chi connectivity index (χ0v) is 11.3. The van der Waals surface area contributed by atoms with Crippen LogP contribution >= 0.6 is 0 Å². The van der Waals surface area contributed by atoms with Gasteiger partial charge in [0.2, 0.25) is 11.3 Å². The Bertz CT molecular complexity index is 612. The van der Waals surface area contributed by atoms with Crippen LogP contribution in [0.3, 0.4) is 0 Å². The van der Waals surface area contributed by atoms with Gasteiger partial charge in [-0.2, -0.15) is 0 Å². The fourth-order valence-electron chi connectivity index (χ4n) is 2.43. The minimum Gasteiger partial charge on any atom is -0.503 e. The largest absolute Gasteiger partial charge is 0.503 e. The first-order chi connectivity index (χ1) is 9.90. The van der Waals surface area contributed by atoms with Gasteiger partial charge in [-0.1, -0.05) is 0 Å². The Morgan fingerprint density at radius 2 is 2.19 bits per heavy atom. The number of nitrogens with two attached hydrogens (primary N) is 1. The van der Waals surface area contributed by atoms with E-state index in [1.165, 1.54) is 27.9 Å². The summed E-state index contributed by atoms with van der Waals surface area (Å²) in [6.45, 7) is 0.425. The summed E-state index contributed by atoms with van der Waals surface area (Å²) in [5.74, 6) is -1.91. The number of carboxylic acid groups (broad SMARTS) is 1. The second-order valence-electron chi connectivity index (χ2n) is 5.03. The third kappa shape index (κ3) is 3.22. The highest BCUT2D eigenvalue weighted by Gasteiger charge is 2.36. The predicted octanol–water partition coefficient (Wildman–Crippen LogP) is -1.04. The molecular weight excluding hydrogens is 278 g/mol. The average Bonchev–Trinajstić information content (AvgIpc) is 2.91. The molecule has 114 valence electrons. The van der Waals surface area contributed by atoms with Gasteiger partial charge in [0.1, 0.15) is 12.1 Å². The molecule has 2 rings (SSSR count). The first-order valence-electron chi connectivity index (χ1n) is 6.58. The predicted molar refractivity (Wildman–Crippen MR) is 72.7 cm³/mol. The van der Waals surface area contributed by atoms with Gasteiger partial charge in [-0.05, 0) is 12.8 Å². The molecule has 1 amide bonds. The highest BCUT2D eigenvalue weighted by molar-refractivity contribution is 5.87. The lowest BCUT2D eigenvalue weighted by Gasteiger charge is -2.25. The van der Waals surface area contributed by atoms with Crippen molar-refractivity contribution < 1.29 is 19.8 Å². The molecule has 21 heavy (non-hydrogen) atoms. The third-order valence-electron chi connectivity index (χ3n) is 3.50. The molecule has 1 aliphatic heterocycles. The lowest BCUT2D eigenvalue weighted by molar-refractivity contribution is -0.148. The Balaban J connectivity index is 2.07. The molecule has 8 nitrogen and oxygen atoms in total. The van der Waals surface area contributed by atoms with Gasteiger partial charge in [0.15, 0.2) is 5.75 Å². The lowest BCUT2D eigenvalue weighted by atomic mass is 10.2. The SMILES string of the molecule is N[C@@H](Cn1ccc(=O)c(O)c1)C(=O)N1CCC[C@H]1C(=O)O. The second-order valence-corrected chi connectivity index (χ2v) is 5.03. The van der Waals surface area contributed by atoms with Crippen LogP contribution in [-0.2, 0) is 16.1 Å². The van der Waals surface area contributed by atoms with Crippen molar-refractivity contribution in [3.05, 3.63) is 28.7 Å². The zero-order valence-electron chi connectivity index (χ0n) is 11.3. The molecule has 0 radical (unpaired) electrons. The van der Waals surface area contributed by atoms with Gasteiger partial charge < -0.3 is 25.4 Å². The number of hydrogen-bond donors (Lipinski definition) is 3. The molecule has 8 heteroatoms. The Morgan fingerprint density at radius 3 is 2.81 bits per heavy atom. The quantitative estimate of drug-likeness (QED) is 0.651. The molecule has 0 saturated carbocycles. The van der Waals surface area contributed by atoms with Crippen molar-refractivity contribution in [3.63, 3.8) is 0 Å². The van der Waals surface area contributed by atoms with E-state index < -0.39 is 35.1 Å². The van der Waals surface area contributed by atoms with E-state index in [2.05, 4.69) is 0 Å². The molecule has 2 atom stereocenters. The van der Waals surface area contributed by atoms with Crippen molar-refractivity contribution in [3.8, 4) is 5.75 Å². The van der Waals surface area contributed by atoms with Crippen LogP contribution in [0.25, 0.3) is 0 Å². The van der Waals surface area contributed by atoms with Crippen LogP contribution in [0, 0.1) is 0 Å². The minimum absolute atomic E-state index is 0.0511. The molecule has 0 aromatic carbocycles. The van der Waals surface area contributed by atoms with Crippen molar-refractivity contribution in [2.45, 2.75) is 31.5 Å². The van der Waals surface area contributed by atoms with Crippen LogP contribution < -0.4 is 11.2 Å². The maximum absolute atomic E-state index is 12.2. The van der Waals surface area contributed by atoms with Crippen LogP contribution in [0.1, 0.15) is 12.8 Å². The van der Waals surface area contributed by atoms with Crippen LogP contribution in [0.2, 0.25) is 0 Å². The van der Waals surface area contributed by atoms with E-state index in [4.69, 9.17) is 10.8 Å². The molecule has 0 spiro atoms. The second kappa shape index (κ2) is 5.96. The van der Waals surface area contributed by atoms with Gasteiger partial charge in [0.05, 0.1) is 0 Å². The summed E-state index contributed by atoms with van der Waals surface area (Å²) >= 11 is 0. The maximum atomic E-state index is 12.2. The lowest BCUT2D eigenvalue weighted by Crippen LogP contribution is -2.49. The van der Waals surface area contributed by atoms with Crippen molar-refractivity contribution in [1.29, 1.82) is 0 Å². The Labute approximate surface area is 120 Å². The molecule has 1 saturated heterocycles. The van der Waals surface area contributed by atoms with Gasteiger partial charge in [0, 0.05) is 31.5 Å². The Hall–Kier alpha value is -2.35. The van der Waals surface area contributed by atoms with E-state index in [0.717, 1.165) is 0 Å². The highest BCUT2D eigenvalue weighted by atomic mass is 16.4. The van der Waals surface area contributed by atoms with Crippen molar-refractivity contribution in [2.24, 2.45) is 5.73 Å². The molecule has 1 aromatic heterocycles. The smallest absolute Gasteiger partial charge is 0.326 e. The van der Waals surface area contributed by atoms with E-state index in [9.17, 15) is 19.5 Å². The first kappa shape index (κ1) is 15.0. The van der Waals surface area contributed by atoms with Gasteiger partial charge >= 0.3 is 5.97 Å². The molecule has 2 heterocycles. The van der Waals surface area contributed by atoms with E-state index in [0.29, 0.717) is 19.4 Å². The number of carboxylic acids is 1. The number of aromatic nitrogens is 1. The highest BCUT2D eigenvalue weighted by Crippen LogP contribution is 2.18. The summed E-state index contributed by atoms with van der Waals surface area (Å²) in [6, 6.07) is -0.597. The molecule has 4 N–H and O–H groups in total. The number of rotatable bonds is 4. The maximum Gasteiger partial charge on any atom is 0.326 e. The standard InChI is InChI=1S/C13H17N3O5/c14-8(6-15-5-3-10(17)11(18)7-15)12(19)16-4-1-2-9(16)13(20)21/h3,5,7-9,18H,1-2,4,6,14H2,(H,20,21)/t8-,9-/m0/s1. The van der Waals surface area contributed by atoms with Gasteiger partial charge in [-0.15, -0.1) is 0 Å². The number of carbonyl (C=O) groups excluding carboxylic acids is 1. The van der Waals surface area contributed by atoms with Crippen molar-refractivity contribution in [2.75, 3.05) is 6.54 Å². The fourth-order valence-corrected chi connectivity index (χ4v) is 2.43. The van der Waals surface area contributed by atoms with Gasteiger partial charge in [0.25, 0.3) is 0 Å². The Kier molecular flexibility index (Phi) is 4.27. The number of pyridine rings is 1. The molecule has 1 aromatic rings. The van der Waals surface area contributed by atoms with Crippen LogP contribution in [0.5, 0.6) is 5.75 Å². The van der Waals surface area contributed by atoms with E-state index in [-0.39, 0.29) is 6.54 Å². The van der Waals surface area contributed by atoms with Gasteiger partial charge in [-0.3, -0.25) is 9.59 Å². The molecule has 0 aliphatic carbocycles. The normalized spacial score (nSPS) is 19.5. The molecule has 0 unspecified atom stereocenters. The molecule has 1 aliphatic rings. The summed E-state index contributed by atoms with van der Waals surface area (Å²) < 4.78 is 1.42. The summed E-state index contributed by atoms with van der Waals surface area (Å²) in [6.07, 6.45) is 3.66. The molecular formula is C13H17N3O5. The Morgan fingerprint density at radius 1 is 1.48 bits per heavy atom. The number of hydrogen-bond acceptors (Lipinski definition) is 5. The van der Waals surface area contributed by atoms with Crippen LogP contribution in [0.15, 0.2) is 23.3 Å². The van der Waals surface area contributed by atoms with Crippen molar-refractivity contribution in [1.82, 2.24) is 9.47 Å². The summed E-state index contributed by atoms with van der Waals surface area (Å²) in [5, 5.41) is 18.4. The van der Waals surface area contributed by atoms with Gasteiger partial charge in [-0.25, -0.2) is 4.79 Å². The third-order valence-corrected chi connectivity index (χ3v) is 3.50. The number of nitrogens with zero attached hydrogens (tertiary/aromatic N) is 2. The topological polar surface area (TPSA) is 126 Å². The van der Waals surface area contributed by atoms with Crippen LogP contribution in [0.4, 0.5) is 0 Å². The van der Waals surface area contributed by atoms with E-state index in [1.807, 2.05) is 0 Å². The number of likely N-dealkylation sites (tertiary alicyclic amines) is 1. The first-order valence-corrected chi connectivity index (χ1v) is 6.58. The number of carbonyl (C=O) groups is 2. The molecule has 0 bridgehead atoms. The summed E-state index contributed by atoms with van der Waals surface area (Å²) in [7, 11) is 0. The summed E-state index contributed by atoms with van der Waals surface area (Å²) in [5.41, 5.74) is 5.30. The fraction of sp³-hybridized carbons (Fsp3) is 0.462. The summed E-state index contributed by atoms with van der Waals surface area (Å²) in [4.78, 5) is 35.6.